The van der Waals surface area contributed by atoms with Gasteiger partial charge in [-0.25, -0.2) is 9.78 Å². The zero-order valence-corrected chi connectivity index (χ0v) is 17.3. The third kappa shape index (κ3) is 4.04. The Hall–Kier alpha value is -2.71. The molecule has 1 fully saturated rings. The molecule has 8 nitrogen and oxygen atoms in total. The first-order valence-corrected chi connectivity index (χ1v) is 10.00. The van der Waals surface area contributed by atoms with E-state index in [1.165, 1.54) is 0 Å². The van der Waals surface area contributed by atoms with Gasteiger partial charge in [-0.2, -0.15) is 5.10 Å². The van der Waals surface area contributed by atoms with Crippen molar-refractivity contribution in [3.8, 4) is 0 Å². The Kier molecular flexibility index (Phi) is 5.64. The van der Waals surface area contributed by atoms with Crippen LogP contribution in [-0.4, -0.2) is 63.4 Å². The van der Waals surface area contributed by atoms with Gasteiger partial charge in [0.2, 0.25) is 0 Å². The van der Waals surface area contributed by atoms with Crippen molar-refractivity contribution in [1.29, 1.82) is 0 Å². The predicted molar refractivity (Wildman–Crippen MR) is 111 cm³/mol. The van der Waals surface area contributed by atoms with Crippen LogP contribution in [0.4, 0.5) is 5.69 Å². The minimum Gasteiger partial charge on any atom is -0.462 e. The quantitative estimate of drug-likeness (QED) is 0.593. The number of anilines is 1. The molecule has 0 atom stereocenters. The van der Waals surface area contributed by atoms with Gasteiger partial charge in [-0.05, 0) is 19.1 Å². The second-order valence-corrected chi connectivity index (χ2v) is 7.41. The molecule has 9 heteroatoms. The van der Waals surface area contributed by atoms with Crippen LogP contribution in [0.5, 0.6) is 0 Å². The number of pyridine rings is 2. The minimum atomic E-state index is -0.353. The smallest absolute Gasteiger partial charge is 0.341 e. The maximum absolute atomic E-state index is 12.5. The molecule has 1 saturated heterocycles. The van der Waals surface area contributed by atoms with Crippen molar-refractivity contribution in [2.75, 3.05) is 37.7 Å². The topological polar surface area (TPSA) is 76.4 Å². The standard InChI is InChI=1S/C20H23ClN6O2/c1-3-29-20(28)17-11-23-19-16(12-24-25(19)2)18(17)27-8-6-26(7-9-27)13-15-5-4-14(21)10-22-15/h4-5,10-12H,3,6-9,13H2,1-2H3. The van der Waals surface area contributed by atoms with Gasteiger partial charge in [0.1, 0.15) is 5.56 Å². The van der Waals surface area contributed by atoms with E-state index in [1.807, 2.05) is 19.2 Å². The van der Waals surface area contributed by atoms with E-state index in [-0.39, 0.29) is 5.97 Å². The number of halogens is 1. The van der Waals surface area contributed by atoms with Crippen LogP contribution in [0, 0.1) is 0 Å². The Morgan fingerprint density at radius 3 is 2.62 bits per heavy atom. The van der Waals surface area contributed by atoms with Gasteiger partial charge >= 0.3 is 5.97 Å². The van der Waals surface area contributed by atoms with Gasteiger partial charge in [0, 0.05) is 52.2 Å². The Morgan fingerprint density at radius 1 is 1.14 bits per heavy atom. The first kappa shape index (κ1) is 19.6. The number of hydrogen-bond acceptors (Lipinski definition) is 7. The normalized spacial score (nSPS) is 15.1. The van der Waals surface area contributed by atoms with Crippen LogP contribution < -0.4 is 4.90 Å². The van der Waals surface area contributed by atoms with Crippen molar-refractivity contribution in [2.24, 2.45) is 7.05 Å². The molecule has 0 saturated carbocycles. The van der Waals surface area contributed by atoms with Crippen molar-refractivity contribution in [3.63, 3.8) is 0 Å². The first-order valence-electron chi connectivity index (χ1n) is 9.62. The van der Waals surface area contributed by atoms with Gasteiger partial charge in [-0.1, -0.05) is 11.6 Å². The number of aromatic nitrogens is 4. The fourth-order valence-corrected chi connectivity index (χ4v) is 3.75. The zero-order valence-electron chi connectivity index (χ0n) is 16.5. The number of rotatable bonds is 5. The SMILES string of the molecule is CCOC(=O)c1cnc2c(cnn2C)c1N1CCN(Cc2ccc(Cl)cn2)CC1. The molecule has 0 aromatic carbocycles. The highest BCUT2D eigenvalue weighted by atomic mass is 35.5. The molecular formula is C20H23ClN6O2. The van der Waals surface area contributed by atoms with Gasteiger partial charge in [0.05, 0.1) is 34.6 Å². The molecule has 0 unspecified atom stereocenters. The van der Waals surface area contributed by atoms with E-state index in [1.54, 1.807) is 30.2 Å². The molecule has 4 heterocycles. The number of esters is 1. The zero-order chi connectivity index (χ0) is 20.4. The molecule has 152 valence electrons. The van der Waals surface area contributed by atoms with Gasteiger partial charge in [-0.15, -0.1) is 0 Å². The lowest BCUT2D eigenvalue weighted by Gasteiger charge is -2.36. The minimum absolute atomic E-state index is 0.325. The predicted octanol–water partition coefficient (Wildman–Crippen LogP) is 2.52. The molecule has 0 N–H and O–H groups in total. The highest BCUT2D eigenvalue weighted by Crippen LogP contribution is 2.31. The number of nitrogens with zero attached hydrogens (tertiary/aromatic N) is 6. The molecule has 0 radical (unpaired) electrons. The van der Waals surface area contributed by atoms with Crippen molar-refractivity contribution >= 4 is 34.3 Å². The van der Waals surface area contributed by atoms with E-state index in [9.17, 15) is 4.79 Å². The maximum Gasteiger partial charge on any atom is 0.341 e. The maximum atomic E-state index is 12.5. The van der Waals surface area contributed by atoms with Gasteiger partial charge < -0.3 is 9.64 Å². The highest BCUT2D eigenvalue weighted by molar-refractivity contribution is 6.30. The molecule has 0 bridgehead atoms. The molecule has 3 aromatic heterocycles. The molecular weight excluding hydrogens is 392 g/mol. The number of piperazine rings is 1. The van der Waals surface area contributed by atoms with Crippen molar-refractivity contribution < 1.29 is 9.53 Å². The molecule has 3 aromatic rings. The second kappa shape index (κ2) is 8.34. The van der Waals surface area contributed by atoms with E-state index < -0.39 is 0 Å². The van der Waals surface area contributed by atoms with Crippen LogP contribution in [0.25, 0.3) is 11.0 Å². The number of carbonyl (C=O) groups is 1. The second-order valence-electron chi connectivity index (χ2n) is 6.98. The lowest BCUT2D eigenvalue weighted by molar-refractivity contribution is 0.0526. The van der Waals surface area contributed by atoms with Crippen LogP contribution in [-0.2, 0) is 18.3 Å². The Bertz CT molecular complexity index is 1010. The van der Waals surface area contributed by atoms with Crippen LogP contribution in [0.1, 0.15) is 23.0 Å². The van der Waals surface area contributed by atoms with Crippen LogP contribution in [0.15, 0.2) is 30.7 Å². The Labute approximate surface area is 174 Å². The molecule has 4 rings (SSSR count). The molecule has 29 heavy (non-hydrogen) atoms. The highest BCUT2D eigenvalue weighted by Gasteiger charge is 2.26. The first-order chi connectivity index (χ1) is 14.1. The monoisotopic (exact) mass is 414 g/mol. The summed E-state index contributed by atoms with van der Waals surface area (Å²) >= 11 is 5.92. The van der Waals surface area contributed by atoms with Crippen LogP contribution in [0.3, 0.4) is 0 Å². The fraction of sp³-hybridized carbons (Fsp3) is 0.400. The average molecular weight is 415 g/mol. The van der Waals surface area contributed by atoms with E-state index in [4.69, 9.17) is 16.3 Å². The summed E-state index contributed by atoms with van der Waals surface area (Å²) in [6.45, 7) is 6.19. The molecule has 0 amide bonds. The van der Waals surface area contributed by atoms with E-state index in [0.29, 0.717) is 17.2 Å². The Morgan fingerprint density at radius 2 is 1.93 bits per heavy atom. The summed E-state index contributed by atoms with van der Waals surface area (Å²) in [4.78, 5) is 25.9. The largest absolute Gasteiger partial charge is 0.462 e. The van der Waals surface area contributed by atoms with Gasteiger partial charge in [0.25, 0.3) is 0 Å². The fourth-order valence-electron chi connectivity index (χ4n) is 3.64. The summed E-state index contributed by atoms with van der Waals surface area (Å²) in [6, 6.07) is 3.82. The van der Waals surface area contributed by atoms with Gasteiger partial charge in [0.15, 0.2) is 5.65 Å². The summed E-state index contributed by atoms with van der Waals surface area (Å²) in [5.41, 5.74) is 3.08. The van der Waals surface area contributed by atoms with E-state index in [2.05, 4.69) is 24.9 Å². The summed E-state index contributed by atoms with van der Waals surface area (Å²) in [5, 5.41) is 5.83. The number of hydrogen-bond donors (Lipinski definition) is 0. The molecule has 1 aliphatic heterocycles. The summed E-state index contributed by atoms with van der Waals surface area (Å²) in [7, 11) is 1.85. The Balaban J connectivity index is 1.56. The van der Waals surface area contributed by atoms with Crippen LogP contribution >= 0.6 is 11.6 Å². The van der Waals surface area contributed by atoms with Gasteiger partial charge in [-0.3, -0.25) is 14.6 Å². The van der Waals surface area contributed by atoms with E-state index >= 15 is 0 Å². The van der Waals surface area contributed by atoms with Crippen molar-refractivity contribution in [3.05, 3.63) is 47.0 Å². The molecule has 1 aliphatic rings. The summed E-state index contributed by atoms with van der Waals surface area (Å²) < 4.78 is 6.98. The molecule has 0 spiro atoms. The third-order valence-electron chi connectivity index (χ3n) is 5.09. The summed E-state index contributed by atoms with van der Waals surface area (Å²) in [6.07, 6.45) is 5.04. The number of fused-ring (bicyclic) bond motifs is 1. The van der Waals surface area contributed by atoms with E-state index in [0.717, 1.165) is 55.1 Å². The van der Waals surface area contributed by atoms with Crippen molar-refractivity contribution in [2.45, 2.75) is 13.5 Å². The number of aryl methyl sites for hydroxylation is 1. The lowest BCUT2D eigenvalue weighted by atomic mass is 10.1. The van der Waals surface area contributed by atoms with Crippen LogP contribution in [0.2, 0.25) is 5.02 Å². The number of ether oxygens (including phenoxy) is 1. The summed E-state index contributed by atoms with van der Waals surface area (Å²) in [5.74, 6) is -0.353. The third-order valence-corrected chi connectivity index (χ3v) is 5.32. The average Bonchev–Trinajstić information content (AvgIpc) is 3.11. The molecule has 0 aliphatic carbocycles. The number of carbonyl (C=O) groups excluding carboxylic acids is 1. The lowest BCUT2D eigenvalue weighted by Crippen LogP contribution is -2.46. The van der Waals surface area contributed by atoms with Crippen molar-refractivity contribution in [1.82, 2.24) is 24.6 Å².